The average Bonchev–Trinajstić information content (AvgIpc) is 2.71. The Morgan fingerprint density at radius 2 is 1.39 bits per heavy atom. The number of carbonyl (C=O) groups is 1. The number of hydrogen-bond donors (Lipinski definition) is 1. The lowest BCUT2D eigenvalue weighted by Gasteiger charge is -2.35. The number of carbonyl (C=O) groups excluding carboxylic acids is 1. The van der Waals surface area contributed by atoms with Crippen LogP contribution in [0.1, 0.15) is 24.5 Å². The lowest BCUT2D eigenvalue weighted by Crippen LogP contribution is -2.44. The number of quaternary nitrogens is 1. The van der Waals surface area contributed by atoms with Crippen molar-refractivity contribution in [1.82, 2.24) is 5.32 Å². The van der Waals surface area contributed by atoms with Gasteiger partial charge in [0.15, 0.2) is 10.1 Å². The molecule has 0 aromatic heterocycles. The van der Waals surface area contributed by atoms with E-state index in [0.717, 1.165) is 30.5 Å². The molecule has 6 nitrogen and oxygen atoms in total. The van der Waals surface area contributed by atoms with Crippen LogP contribution in [0.3, 0.4) is 0 Å². The Bertz CT molecular complexity index is 954. The highest BCUT2D eigenvalue weighted by Gasteiger charge is 2.36. The van der Waals surface area contributed by atoms with Gasteiger partial charge in [-0.25, -0.2) is 8.42 Å². The van der Waals surface area contributed by atoms with E-state index in [1.54, 1.807) is 6.92 Å². The molecule has 0 unspecified atom stereocenters. The van der Waals surface area contributed by atoms with Gasteiger partial charge < -0.3 is 14.4 Å². The maximum atomic E-state index is 11.6. The van der Waals surface area contributed by atoms with Crippen LogP contribution in [-0.2, 0) is 28.0 Å². The first-order valence-corrected chi connectivity index (χ1v) is 11.5. The molecule has 2 aromatic carbocycles. The van der Waals surface area contributed by atoms with E-state index in [2.05, 4.69) is 79.6 Å². The van der Waals surface area contributed by atoms with Crippen LogP contribution in [0.4, 0.5) is 13.2 Å². The standard InChI is InChI=1S/C22H28N2O.CHF3O3S/c1-19(2)22(25)23-15-10-16-24(3,17-20-11-6-4-7-12-20)18-21-13-8-5-9-14-21;2-1(3,4)8(5,6)7/h4-9,11-14H,1,10,15-18H2,2-3H3;(H,5,6,7). The summed E-state index contributed by atoms with van der Waals surface area (Å²) in [6.07, 6.45) is 0.940. The first-order chi connectivity index (χ1) is 15.2. The number of benzene rings is 2. The third-order valence-electron chi connectivity index (χ3n) is 4.65. The quantitative estimate of drug-likeness (QED) is 0.191. The Hall–Kier alpha value is -2.69. The Balaban J connectivity index is 0.000000582. The SMILES string of the molecule is C=C(C)C(=O)NCCC[N+](C)(Cc1ccccc1)Cc1ccccc1.O=S(=O)([O-])C(F)(F)F. The number of nitrogens with one attached hydrogen (secondary N) is 1. The smallest absolute Gasteiger partial charge is 0.485 e. The summed E-state index contributed by atoms with van der Waals surface area (Å²) in [5.41, 5.74) is -2.41. The molecule has 0 atom stereocenters. The molecule has 1 amide bonds. The van der Waals surface area contributed by atoms with E-state index in [-0.39, 0.29) is 5.91 Å². The predicted molar refractivity (Wildman–Crippen MR) is 120 cm³/mol. The van der Waals surface area contributed by atoms with Crippen molar-refractivity contribution in [3.05, 3.63) is 83.9 Å². The van der Waals surface area contributed by atoms with E-state index >= 15 is 0 Å². The van der Waals surface area contributed by atoms with Gasteiger partial charge in [0.25, 0.3) is 0 Å². The molecule has 0 aliphatic rings. The van der Waals surface area contributed by atoms with Crippen molar-refractivity contribution in [2.24, 2.45) is 0 Å². The minimum atomic E-state index is -6.09. The van der Waals surface area contributed by atoms with E-state index in [9.17, 15) is 18.0 Å². The number of hydrogen-bond acceptors (Lipinski definition) is 4. The van der Waals surface area contributed by atoms with E-state index in [1.165, 1.54) is 11.1 Å². The zero-order chi connectivity index (χ0) is 25.1. The molecule has 0 radical (unpaired) electrons. The Morgan fingerprint density at radius 1 is 1.00 bits per heavy atom. The van der Waals surface area contributed by atoms with Crippen molar-refractivity contribution in [2.75, 3.05) is 20.1 Å². The molecule has 33 heavy (non-hydrogen) atoms. The summed E-state index contributed by atoms with van der Waals surface area (Å²) in [4.78, 5) is 11.6. The predicted octanol–water partition coefficient (Wildman–Crippen LogP) is 3.97. The molecule has 0 fully saturated rings. The van der Waals surface area contributed by atoms with Gasteiger partial charge in [-0.2, -0.15) is 13.2 Å². The van der Waals surface area contributed by atoms with Gasteiger partial charge in [0.1, 0.15) is 13.1 Å². The van der Waals surface area contributed by atoms with Gasteiger partial charge in [0, 0.05) is 29.7 Å². The fourth-order valence-electron chi connectivity index (χ4n) is 3.08. The van der Waals surface area contributed by atoms with Gasteiger partial charge in [-0.15, -0.1) is 0 Å². The second kappa shape index (κ2) is 12.5. The molecule has 10 heteroatoms. The van der Waals surface area contributed by atoms with Crippen LogP contribution in [-0.4, -0.2) is 49.0 Å². The zero-order valence-electron chi connectivity index (χ0n) is 18.6. The number of amides is 1. The third-order valence-corrected chi connectivity index (χ3v) is 5.21. The summed E-state index contributed by atoms with van der Waals surface area (Å²) in [5.74, 6) is -0.0553. The molecule has 182 valence electrons. The lowest BCUT2D eigenvalue weighted by atomic mass is 10.1. The number of halogens is 3. The third kappa shape index (κ3) is 11.1. The second-order valence-corrected chi connectivity index (χ2v) is 9.29. The molecular formula is C23H29F3N2O4S. The van der Waals surface area contributed by atoms with Gasteiger partial charge in [0.2, 0.25) is 5.91 Å². The van der Waals surface area contributed by atoms with Gasteiger partial charge in [0.05, 0.1) is 13.6 Å². The van der Waals surface area contributed by atoms with Crippen LogP contribution in [0.25, 0.3) is 0 Å². The minimum absolute atomic E-state index is 0.0553. The highest BCUT2D eigenvalue weighted by molar-refractivity contribution is 7.86. The zero-order valence-corrected chi connectivity index (χ0v) is 19.5. The molecule has 2 aromatic rings. The molecule has 0 saturated heterocycles. The molecule has 0 heterocycles. The summed E-state index contributed by atoms with van der Waals surface area (Å²) < 4.78 is 59.8. The average molecular weight is 487 g/mol. The second-order valence-electron chi connectivity index (χ2n) is 7.92. The van der Waals surface area contributed by atoms with E-state index in [4.69, 9.17) is 13.0 Å². The van der Waals surface area contributed by atoms with Crippen LogP contribution in [0.2, 0.25) is 0 Å². The van der Waals surface area contributed by atoms with E-state index < -0.39 is 15.6 Å². The van der Waals surface area contributed by atoms with Crippen molar-refractivity contribution >= 4 is 16.0 Å². The van der Waals surface area contributed by atoms with Crippen molar-refractivity contribution < 1.29 is 35.4 Å². The molecule has 0 saturated carbocycles. The largest absolute Gasteiger partial charge is 0.741 e. The summed E-state index contributed by atoms with van der Waals surface area (Å²) in [7, 11) is -3.80. The van der Waals surface area contributed by atoms with Gasteiger partial charge in [-0.1, -0.05) is 67.2 Å². The topological polar surface area (TPSA) is 86.3 Å². The maximum absolute atomic E-state index is 11.6. The lowest BCUT2D eigenvalue weighted by molar-refractivity contribution is -0.935. The highest BCUT2D eigenvalue weighted by Crippen LogP contribution is 2.20. The first kappa shape index (κ1) is 28.3. The van der Waals surface area contributed by atoms with Crippen molar-refractivity contribution in [3.8, 4) is 0 Å². The van der Waals surface area contributed by atoms with Crippen LogP contribution in [0.15, 0.2) is 72.8 Å². The number of alkyl halides is 3. The highest BCUT2D eigenvalue weighted by atomic mass is 32.2. The Kier molecular flexibility index (Phi) is 10.8. The monoisotopic (exact) mass is 486 g/mol. The molecule has 0 aliphatic carbocycles. The van der Waals surface area contributed by atoms with Gasteiger partial charge >= 0.3 is 5.51 Å². The first-order valence-electron chi connectivity index (χ1n) is 10.1. The molecule has 0 bridgehead atoms. The Labute approximate surface area is 193 Å². The van der Waals surface area contributed by atoms with E-state index in [1.807, 2.05) is 0 Å². The van der Waals surface area contributed by atoms with E-state index in [0.29, 0.717) is 12.1 Å². The van der Waals surface area contributed by atoms with Crippen LogP contribution < -0.4 is 5.32 Å². The fourth-order valence-corrected chi connectivity index (χ4v) is 3.08. The van der Waals surface area contributed by atoms with Crippen LogP contribution in [0.5, 0.6) is 0 Å². The van der Waals surface area contributed by atoms with Crippen LogP contribution >= 0.6 is 0 Å². The van der Waals surface area contributed by atoms with Crippen molar-refractivity contribution in [1.29, 1.82) is 0 Å². The fraction of sp³-hybridized carbons (Fsp3) is 0.348. The molecule has 0 aliphatic heterocycles. The van der Waals surface area contributed by atoms with Crippen molar-refractivity contribution in [3.63, 3.8) is 0 Å². The Morgan fingerprint density at radius 3 is 1.73 bits per heavy atom. The number of nitrogens with zero attached hydrogens (tertiary/aromatic N) is 1. The van der Waals surface area contributed by atoms with Gasteiger partial charge in [-0.05, 0) is 6.92 Å². The maximum Gasteiger partial charge on any atom is 0.485 e. The molecule has 2 rings (SSSR count). The molecular weight excluding hydrogens is 457 g/mol. The van der Waals surface area contributed by atoms with Gasteiger partial charge in [-0.3, -0.25) is 4.79 Å². The summed E-state index contributed by atoms with van der Waals surface area (Å²) in [5, 5.41) is 2.93. The summed E-state index contributed by atoms with van der Waals surface area (Å²) in [6.45, 7) is 9.05. The van der Waals surface area contributed by atoms with Crippen LogP contribution in [0, 0.1) is 0 Å². The minimum Gasteiger partial charge on any atom is -0.741 e. The van der Waals surface area contributed by atoms with Crippen molar-refractivity contribution in [2.45, 2.75) is 31.9 Å². The molecule has 1 N–H and O–H groups in total. The number of rotatable bonds is 9. The normalized spacial score (nSPS) is 11.8. The molecule has 0 spiro atoms. The summed E-state index contributed by atoms with van der Waals surface area (Å²) in [6, 6.07) is 21.2. The summed E-state index contributed by atoms with van der Waals surface area (Å²) >= 11 is 0.